The lowest BCUT2D eigenvalue weighted by Gasteiger charge is -2.08. The summed E-state index contributed by atoms with van der Waals surface area (Å²) in [6.07, 6.45) is 0. The number of hydrogen-bond acceptors (Lipinski definition) is 5. The molecule has 0 spiro atoms. The monoisotopic (exact) mass is 228 g/mol. The van der Waals surface area contributed by atoms with Gasteiger partial charge < -0.3 is 25.2 Å². The largest absolute Gasteiger partial charge is 0.491 e. The van der Waals surface area contributed by atoms with Gasteiger partial charge in [-0.2, -0.15) is 0 Å². The molecule has 0 bridgehead atoms. The van der Waals surface area contributed by atoms with E-state index in [-0.39, 0.29) is 0 Å². The number of aromatic carboxylic acids is 1. The zero-order valence-corrected chi connectivity index (χ0v) is 7.83. The molecule has 1 rings (SSSR count). The van der Waals surface area contributed by atoms with Crippen molar-refractivity contribution < 1.29 is 34.4 Å². The van der Waals surface area contributed by atoms with Crippen LogP contribution < -0.4 is 10.9 Å². The fraction of sp³-hybridized carbons (Fsp3) is 0. The van der Waals surface area contributed by atoms with Crippen molar-refractivity contribution in [1.29, 1.82) is 0 Å². The number of halogens is 1. The Balaban J connectivity index is 3.45. The molecule has 0 aromatic heterocycles. The highest BCUT2D eigenvalue weighted by Gasteiger charge is 2.26. The van der Waals surface area contributed by atoms with Gasteiger partial charge >= 0.3 is 20.2 Å². The minimum atomic E-state index is -2.24. The van der Waals surface area contributed by atoms with Crippen molar-refractivity contribution >= 4 is 31.1 Å². The standard InChI is InChI=1S/C7H7B2FO6/c10-6-4(8(13)14)1-3(7(11)12)2-5(6)9(15)16/h1-2,13-16H,(H,11,12). The summed E-state index contributed by atoms with van der Waals surface area (Å²) < 4.78 is 13.4. The van der Waals surface area contributed by atoms with Crippen LogP contribution in [0.1, 0.15) is 10.4 Å². The molecule has 84 valence electrons. The Bertz CT molecular complexity index is 392. The van der Waals surface area contributed by atoms with E-state index in [9.17, 15) is 9.18 Å². The molecule has 0 aliphatic heterocycles. The Morgan fingerprint density at radius 2 is 1.44 bits per heavy atom. The van der Waals surface area contributed by atoms with Crippen LogP contribution in [0, 0.1) is 5.82 Å². The van der Waals surface area contributed by atoms with Crippen molar-refractivity contribution in [1.82, 2.24) is 0 Å². The minimum absolute atomic E-state index is 0.479. The van der Waals surface area contributed by atoms with Gasteiger partial charge in [0.1, 0.15) is 5.82 Å². The minimum Gasteiger partial charge on any atom is -0.478 e. The number of carboxylic acids is 1. The van der Waals surface area contributed by atoms with Crippen LogP contribution in [-0.2, 0) is 0 Å². The molecule has 0 fully saturated rings. The molecule has 0 aliphatic rings. The molecule has 0 amide bonds. The van der Waals surface area contributed by atoms with Gasteiger partial charge in [-0.05, 0) is 12.1 Å². The zero-order valence-electron chi connectivity index (χ0n) is 7.83. The number of carboxylic acid groups (broad SMARTS) is 1. The second kappa shape index (κ2) is 4.62. The molecule has 0 saturated heterocycles. The van der Waals surface area contributed by atoms with Gasteiger partial charge in [0.25, 0.3) is 0 Å². The smallest absolute Gasteiger partial charge is 0.478 e. The lowest BCUT2D eigenvalue weighted by molar-refractivity contribution is 0.0697. The highest BCUT2D eigenvalue weighted by atomic mass is 19.1. The predicted octanol–water partition coefficient (Wildman–Crippen LogP) is -3.12. The van der Waals surface area contributed by atoms with Crippen LogP contribution in [0.25, 0.3) is 0 Å². The first-order valence-corrected chi connectivity index (χ1v) is 4.13. The summed E-state index contributed by atoms with van der Waals surface area (Å²) in [5.74, 6) is -2.72. The molecule has 0 aliphatic carbocycles. The van der Waals surface area contributed by atoms with Crippen LogP contribution >= 0.6 is 0 Å². The van der Waals surface area contributed by atoms with Gasteiger partial charge in [-0.25, -0.2) is 9.18 Å². The predicted molar refractivity (Wildman–Crippen MR) is 53.0 cm³/mol. The Morgan fingerprint density at radius 3 is 1.69 bits per heavy atom. The van der Waals surface area contributed by atoms with Crippen molar-refractivity contribution in [2.75, 3.05) is 0 Å². The van der Waals surface area contributed by atoms with Crippen LogP contribution in [0.15, 0.2) is 12.1 Å². The molecule has 0 saturated carbocycles. The Hall–Kier alpha value is -1.41. The lowest BCUT2D eigenvalue weighted by atomic mass is 9.71. The van der Waals surface area contributed by atoms with E-state index in [0.29, 0.717) is 12.1 Å². The number of benzene rings is 1. The summed E-state index contributed by atoms with van der Waals surface area (Å²) in [5.41, 5.74) is -1.95. The van der Waals surface area contributed by atoms with Crippen molar-refractivity contribution in [3.05, 3.63) is 23.5 Å². The molecule has 16 heavy (non-hydrogen) atoms. The third kappa shape index (κ3) is 2.39. The fourth-order valence-electron chi connectivity index (χ4n) is 1.17. The highest BCUT2D eigenvalue weighted by Crippen LogP contribution is 2.00. The van der Waals surface area contributed by atoms with Gasteiger partial charge in [0.05, 0.1) is 5.56 Å². The summed E-state index contributed by atoms with van der Waals surface area (Å²) >= 11 is 0. The first-order valence-electron chi connectivity index (χ1n) is 4.13. The molecule has 5 N–H and O–H groups in total. The van der Waals surface area contributed by atoms with Gasteiger partial charge in [0.15, 0.2) is 0 Å². The van der Waals surface area contributed by atoms with Crippen molar-refractivity contribution in [3.63, 3.8) is 0 Å². The first-order chi connectivity index (χ1) is 7.34. The molecule has 0 atom stereocenters. The highest BCUT2D eigenvalue weighted by molar-refractivity contribution is 6.63. The molecule has 6 nitrogen and oxygen atoms in total. The number of carbonyl (C=O) groups is 1. The summed E-state index contributed by atoms with van der Waals surface area (Å²) in [5, 5.41) is 43.7. The van der Waals surface area contributed by atoms with Crippen LogP contribution in [0.5, 0.6) is 0 Å². The van der Waals surface area contributed by atoms with Crippen LogP contribution in [-0.4, -0.2) is 45.4 Å². The quantitative estimate of drug-likeness (QED) is 0.349. The van der Waals surface area contributed by atoms with Crippen molar-refractivity contribution in [2.45, 2.75) is 0 Å². The molecule has 0 radical (unpaired) electrons. The van der Waals surface area contributed by atoms with E-state index in [0.717, 1.165) is 0 Å². The van der Waals surface area contributed by atoms with Gasteiger partial charge in [0.2, 0.25) is 0 Å². The molecule has 0 unspecified atom stereocenters. The average molecular weight is 228 g/mol. The maximum Gasteiger partial charge on any atom is 0.491 e. The average Bonchev–Trinajstić information content (AvgIpc) is 2.16. The maximum atomic E-state index is 13.4. The van der Waals surface area contributed by atoms with E-state index in [4.69, 9.17) is 25.2 Å². The molecular formula is C7H7B2FO6. The third-order valence-electron chi connectivity index (χ3n) is 1.93. The van der Waals surface area contributed by atoms with Gasteiger partial charge in [-0.1, -0.05) is 0 Å². The van der Waals surface area contributed by atoms with E-state index >= 15 is 0 Å². The molecule has 1 aromatic rings. The van der Waals surface area contributed by atoms with Crippen molar-refractivity contribution in [2.24, 2.45) is 0 Å². The van der Waals surface area contributed by atoms with E-state index < -0.39 is 42.5 Å². The van der Waals surface area contributed by atoms with Gasteiger partial charge in [-0.3, -0.25) is 0 Å². The molecular weight excluding hydrogens is 221 g/mol. The maximum absolute atomic E-state index is 13.4. The zero-order chi connectivity index (χ0) is 12.5. The Labute approximate surface area is 89.9 Å². The van der Waals surface area contributed by atoms with Gasteiger partial charge in [-0.15, -0.1) is 0 Å². The first kappa shape index (κ1) is 12.7. The van der Waals surface area contributed by atoms with Crippen LogP contribution in [0.4, 0.5) is 4.39 Å². The SMILES string of the molecule is O=C(O)c1cc(B(O)O)c(F)c(B(O)O)c1. The second-order valence-corrected chi connectivity index (χ2v) is 3.02. The number of rotatable bonds is 3. The summed E-state index contributed by atoms with van der Waals surface area (Å²) in [4.78, 5) is 10.6. The summed E-state index contributed by atoms with van der Waals surface area (Å²) in [6.45, 7) is 0. The Morgan fingerprint density at radius 1 is 1.06 bits per heavy atom. The van der Waals surface area contributed by atoms with Crippen molar-refractivity contribution in [3.8, 4) is 0 Å². The molecule has 0 heterocycles. The third-order valence-corrected chi connectivity index (χ3v) is 1.93. The van der Waals surface area contributed by atoms with Crippen LogP contribution in [0.2, 0.25) is 0 Å². The Kier molecular flexibility index (Phi) is 3.66. The fourth-order valence-corrected chi connectivity index (χ4v) is 1.17. The van der Waals surface area contributed by atoms with E-state index in [1.807, 2.05) is 0 Å². The van der Waals surface area contributed by atoms with E-state index in [1.165, 1.54) is 0 Å². The number of hydrogen-bond donors (Lipinski definition) is 5. The van der Waals surface area contributed by atoms with Gasteiger partial charge in [0, 0.05) is 10.9 Å². The molecule has 9 heteroatoms. The van der Waals surface area contributed by atoms with E-state index in [2.05, 4.69) is 0 Å². The summed E-state index contributed by atoms with van der Waals surface area (Å²) in [6, 6.07) is 1.41. The normalized spacial score (nSPS) is 10.1. The van der Waals surface area contributed by atoms with E-state index in [1.54, 1.807) is 0 Å². The molecule has 1 aromatic carbocycles. The topological polar surface area (TPSA) is 118 Å². The van der Waals surface area contributed by atoms with Crippen LogP contribution in [0.3, 0.4) is 0 Å². The lowest BCUT2D eigenvalue weighted by Crippen LogP contribution is -2.43. The summed E-state index contributed by atoms with van der Waals surface area (Å²) in [7, 11) is -4.48. The second-order valence-electron chi connectivity index (χ2n) is 3.02.